The number of nitrogens with zero attached hydrogens (tertiary/aromatic N) is 5. The van der Waals surface area contributed by atoms with Crippen LogP contribution in [0.5, 0.6) is 0 Å². The van der Waals surface area contributed by atoms with E-state index in [4.69, 9.17) is 14.2 Å². The van der Waals surface area contributed by atoms with Crippen molar-refractivity contribution in [2.24, 2.45) is 0 Å². The molecule has 1 unspecified atom stereocenters. The number of hydrogen-bond acceptors (Lipinski definition) is 11. The molecule has 3 aromatic heterocycles. The number of carbonyl (C=O) groups excluding carboxylic acids is 2. The van der Waals surface area contributed by atoms with Crippen molar-refractivity contribution in [2.75, 3.05) is 55.0 Å². The van der Waals surface area contributed by atoms with Crippen molar-refractivity contribution in [1.29, 1.82) is 0 Å². The molecular weight excluding hydrogens is 532 g/mol. The third-order valence-corrected chi connectivity index (χ3v) is 7.40. The summed E-state index contributed by atoms with van der Waals surface area (Å²) in [5.41, 5.74) is 1.11. The number of unbranched alkanes of at least 4 members (excludes halogenated alkanes) is 1. The predicted molar refractivity (Wildman–Crippen MR) is 156 cm³/mol. The molecule has 1 amide bonds. The van der Waals surface area contributed by atoms with Gasteiger partial charge in [0.05, 0.1) is 23.4 Å². The molecule has 4 rings (SSSR count). The van der Waals surface area contributed by atoms with Crippen LogP contribution in [0.3, 0.4) is 0 Å². The molecule has 0 bridgehead atoms. The fourth-order valence-electron chi connectivity index (χ4n) is 4.36. The molecule has 1 atom stereocenters. The highest BCUT2D eigenvalue weighted by Crippen LogP contribution is 2.38. The Balaban J connectivity index is 1.55. The molecule has 3 aromatic rings. The predicted octanol–water partition coefficient (Wildman–Crippen LogP) is 5.18. The molecule has 12 heteroatoms. The summed E-state index contributed by atoms with van der Waals surface area (Å²) in [7, 11) is 1.84. The molecule has 40 heavy (non-hydrogen) atoms. The molecule has 0 spiro atoms. The zero-order valence-electron chi connectivity index (χ0n) is 23.8. The number of anilines is 3. The van der Waals surface area contributed by atoms with Crippen LogP contribution in [0.25, 0.3) is 10.2 Å². The fraction of sp³-hybridized carbons (Fsp3) is 0.536. The van der Waals surface area contributed by atoms with Crippen molar-refractivity contribution in [3.8, 4) is 0 Å². The maximum absolute atomic E-state index is 13.2. The largest absolute Gasteiger partial charge is 0.466 e. The Morgan fingerprint density at radius 2 is 2.05 bits per heavy atom. The van der Waals surface area contributed by atoms with Crippen molar-refractivity contribution in [3.05, 3.63) is 36.3 Å². The minimum Gasteiger partial charge on any atom is -0.466 e. The molecule has 1 fully saturated rings. The topological polar surface area (TPSA) is 119 Å². The number of fused-ring (bicyclic) bond motifs is 1. The number of carbonyl (C=O) groups is 2. The van der Waals surface area contributed by atoms with Gasteiger partial charge in [-0.05, 0) is 52.7 Å². The Hall–Kier alpha value is -3.51. The Labute approximate surface area is 238 Å². The van der Waals surface area contributed by atoms with Crippen molar-refractivity contribution < 1.29 is 23.8 Å². The van der Waals surface area contributed by atoms with E-state index in [1.807, 2.05) is 52.2 Å². The molecule has 1 N–H and O–H groups in total. The normalized spacial score (nSPS) is 15.6. The van der Waals surface area contributed by atoms with Crippen LogP contribution in [0.15, 0.2) is 30.7 Å². The van der Waals surface area contributed by atoms with E-state index >= 15 is 0 Å². The number of esters is 1. The smallest absolute Gasteiger partial charge is 0.415 e. The summed E-state index contributed by atoms with van der Waals surface area (Å²) in [6, 6.07) is 5.86. The number of aromatic nitrogens is 3. The van der Waals surface area contributed by atoms with Gasteiger partial charge in [0.15, 0.2) is 0 Å². The summed E-state index contributed by atoms with van der Waals surface area (Å²) in [6.07, 6.45) is 4.34. The van der Waals surface area contributed by atoms with Crippen LogP contribution in [0.1, 0.15) is 58.6 Å². The first-order chi connectivity index (χ1) is 19.2. The average Bonchev–Trinajstić information content (AvgIpc) is 3.36. The summed E-state index contributed by atoms with van der Waals surface area (Å²) in [5, 5.41) is 3.76. The molecule has 1 aliphatic rings. The zero-order valence-corrected chi connectivity index (χ0v) is 24.6. The summed E-state index contributed by atoms with van der Waals surface area (Å²) in [4.78, 5) is 42.4. The van der Waals surface area contributed by atoms with E-state index < -0.39 is 11.7 Å². The van der Waals surface area contributed by atoms with E-state index in [2.05, 4.69) is 25.2 Å². The molecule has 0 aliphatic carbocycles. The van der Waals surface area contributed by atoms with E-state index in [0.717, 1.165) is 32.4 Å². The third kappa shape index (κ3) is 7.57. The van der Waals surface area contributed by atoms with Crippen LogP contribution in [0.4, 0.5) is 21.4 Å². The van der Waals surface area contributed by atoms with Crippen LogP contribution < -0.4 is 15.1 Å². The second-order valence-corrected chi connectivity index (χ2v) is 11.5. The van der Waals surface area contributed by atoms with E-state index in [-0.39, 0.29) is 12.1 Å². The minimum atomic E-state index is -0.648. The second kappa shape index (κ2) is 13.2. The van der Waals surface area contributed by atoms with Crippen LogP contribution in [-0.2, 0) is 19.0 Å². The van der Waals surface area contributed by atoms with Gasteiger partial charge in [0.1, 0.15) is 34.7 Å². The van der Waals surface area contributed by atoms with E-state index in [9.17, 15) is 9.59 Å². The number of ether oxygens (including phenoxy) is 3. The molecule has 4 heterocycles. The Kier molecular flexibility index (Phi) is 9.75. The Bertz CT molecular complexity index is 1290. The van der Waals surface area contributed by atoms with Crippen molar-refractivity contribution in [2.45, 2.75) is 58.7 Å². The number of pyridine rings is 1. The number of rotatable bonds is 10. The molecule has 0 radical (unpaired) electrons. The monoisotopic (exact) mass is 570 g/mol. The lowest BCUT2D eigenvalue weighted by molar-refractivity contribution is -0.143. The fourth-order valence-corrected chi connectivity index (χ4v) is 5.50. The Morgan fingerprint density at radius 3 is 2.75 bits per heavy atom. The molecule has 216 valence electrons. The lowest BCUT2D eigenvalue weighted by Crippen LogP contribution is -2.39. The number of thiophene rings is 1. The van der Waals surface area contributed by atoms with Gasteiger partial charge in [-0.15, -0.1) is 11.3 Å². The van der Waals surface area contributed by atoms with Crippen molar-refractivity contribution >= 4 is 50.3 Å². The number of amides is 1. The molecule has 0 saturated carbocycles. The van der Waals surface area contributed by atoms with Gasteiger partial charge >= 0.3 is 12.1 Å². The summed E-state index contributed by atoms with van der Waals surface area (Å²) in [6.45, 7) is 9.92. The van der Waals surface area contributed by atoms with Gasteiger partial charge in [-0.1, -0.05) is 6.07 Å². The molecule has 1 saturated heterocycles. The summed E-state index contributed by atoms with van der Waals surface area (Å²) < 4.78 is 17.7. The minimum absolute atomic E-state index is 0.144. The van der Waals surface area contributed by atoms with Crippen LogP contribution in [0.2, 0.25) is 0 Å². The van der Waals surface area contributed by atoms with Crippen molar-refractivity contribution in [3.63, 3.8) is 0 Å². The lowest BCUT2D eigenvalue weighted by Gasteiger charge is -2.34. The molecule has 1 aliphatic heterocycles. The number of nitrogens with one attached hydrogen (secondary N) is 1. The van der Waals surface area contributed by atoms with Gasteiger partial charge in [-0.25, -0.2) is 19.7 Å². The quantitative estimate of drug-likeness (QED) is 0.258. The Morgan fingerprint density at radius 1 is 1.23 bits per heavy atom. The van der Waals surface area contributed by atoms with Crippen LogP contribution in [-0.4, -0.2) is 72.5 Å². The number of hydrogen-bond donors (Lipinski definition) is 1. The maximum Gasteiger partial charge on any atom is 0.415 e. The van der Waals surface area contributed by atoms with Gasteiger partial charge in [0.2, 0.25) is 0 Å². The second-order valence-electron chi connectivity index (χ2n) is 10.4. The van der Waals surface area contributed by atoms with E-state index in [0.29, 0.717) is 52.1 Å². The van der Waals surface area contributed by atoms with Gasteiger partial charge in [0, 0.05) is 44.9 Å². The first-order valence-electron chi connectivity index (χ1n) is 13.6. The third-order valence-electron chi connectivity index (χ3n) is 6.26. The average molecular weight is 571 g/mol. The molecular formula is C28H38N6O5S. The number of morpholine rings is 1. The first kappa shape index (κ1) is 29.5. The zero-order chi connectivity index (χ0) is 28.7. The highest BCUT2D eigenvalue weighted by Gasteiger charge is 2.28. The van der Waals surface area contributed by atoms with Crippen molar-refractivity contribution in [1.82, 2.24) is 15.0 Å². The van der Waals surface area contributed by atoms with Gasteiger partial charge in [-0.2, -0.15) is 0 Å². The first-order valence-corrected chi connectivity index (χ1v) is 14.4. The molecule has 11 nitrogen and oxygen atoms in total. The highest BCUT2D eigenvalue weighted by molar-refractivity contribution is 7.23. The summed E-state index contributed by atoms with van der Waals surface area (Å²) in [5.74, 6) is 1.38. The van der Waals surface area contributed by atoms with Gasteiger partial charge < -0.3 is 24.4 Å². The van der Waals surface area contributed by atoms with Gasteiger partial charge in [0.25, 0.3) is 0 Å². The SMILES string of the molecule is CCOC(=O)CCCCN(C(=O)OC(C)(C)C)c1cc2ncnc(N3CCOC(c4ccc(NC)nc4)C3)c2s1. The molecule has 0 aromatic carbocycles. The van der Waals surface area contributed by atoms with Crippen LogP contribution in [0, 0.1) is 0 Å². The van der Waals surface area contributed by atoms with Crippen LogP contribution >= 0.6 is 11.3 Å². The maximum atomic E-state index is 13.2. The van der Waals surface area contributed by atoms with Gasteiger partial charge in [-0.3, -0.25) is 9.69 Å². The van der Waals surface area contributed by atoms with E-state index in [1.165, 1.54) is 11.3 Å². The standard InChI is InChI=1S/C28H38N6O5S/c1-6-37-24(35)9-7-8-12-34(27(36)39-28(2,3)4)23-15-20-25(40-23)26(32-18-31-20)33-13-14-38-21(17-33)19-10-11-22(29-5)30-16-19/h10-11,15-16,18,21H,6-9,12-14,17H2,1-5H3,(H,29,30). The summed E-state index contributed by atoms with van der Waals surface area (Å²) >= 11 is 1.46. The highest BCUT2D eigenvalue weighted by atomic mass is 32.1. The lowest BCUT2D eigenvalue weighted by atomic mass is 10.1. The van der Waals surface area contributed by atoms with E-state index in [1.54, 1.807) is 18.2 Å².